The molecule has 0 heterocycles. The number of carbonyl (C=O) groups is 3. The molecule has 0 aliphatic heterocycles. The fourth-order valence-electron chi connectivity index (χ4n) is 2.14. The molecule has 0 radical (unpaired) electrons. The summed E-state index contributed by atoms with van der Waals surface area (Å²) in [5.41, 5.74) is 0.893. The van der Waals surface area contributed by atoms with Crippen LogP contribution in [-0.2, 0) is 4.74 Å². The third-order valence-electron chi connectivity index (χ3n) is 3.40. The fourth-order valence-corrected chi connectivity index (χ4v) is 2.14. The Bertz CT molecular complexity index is 771. The summed E-state index contributed by atoms with van der Waals surface area (Å²) in [6.45, 7) is 0.822. The van der Waals surface area contributed by atoms with Crippen molar-refractivity contribution >= 4 is 23.5 Å². The zero-order chi connectivity index (χ0) is 18.2. The predicted molar refractivity (Wildman–Crippen MR) is 92.0 cm³/mol. The van der Waals surface area contributed by atoms with E-state index in [1.165, 1.54) is 12.1 Å². The number of anilines is 1. The van der Waals surface area contributed by atoms with Crippen LogP contribution in [0.15, 0.2) is 48.5 Å². The molecular formula is C18H18N2O5. The average Bonchev–Trinajstić information content (AvgIpc) is 2.62. The third kappa shape index (κ3) is 4.89. The highest BCUT2D eigenvalue weighted by molar-refractivity contribution is 6.10. The second kappa shape index (κ2) is 8.60. The van der Waals surface area contributed by atoms with Gasteiger partial charge >= 0.3 is 5.97 Å². The maximum atomic E-state index is 12.3. The highest BCUT2D eigenvalue weighted by Gasteiger charge is 2.16. The molecule has 2 amide bonds. The van der Waals surface area contributed by atoms with Gasteiger partial charge in [0, 0.05) is 24.9 Å². The highest BCUT2D eigenvalue weighted by Crippen LogP contribution is 2.14. The lowest BCUT2D eigenvalue weighted by Crippen LogP contribution is -2.26. The van der Waals surface area contributed by atoms with Gasteiger partial charge in [0.2, 0.25) is 0 Å². The van der Waals surface area contributed by atoms with E-state index >= 15 is 0 Å². The maximum Gasteiger partial charge on any atom is 0.336 e. The molecule has 0 saturated carbocycles. The van der Waals surface area contributed by atoms with Gasteiger partial charge in [-0.2, -0.15) is 0 Å². The Labute approximate surface area is 144 Å². The molecule has 0 bridgehead atoms. The van der Waals surface area contributed by atoms with Gasteiger partial charge < -0.3 is 20.5 Å². The van der Waals surface area contributed by atoms with Crippen LogP contribution in [0, 0.1) is 0 Å². The van der Waals surface area contributed by atoms with Crippen molar-refractivity contribution < 1.29 is 24.2 Å². The SMILES string of the molecule is COCCNC(=O)c1ccc(NC(=O)c2ccccc2C(=O)O)cc1. The van der Waals surface area contributed by atoms with Crippen LogP contribution in [-0.4, -0.2) is 43.2 Å². The molecule has 7 heteroatoms. The number of rotatable bonds is 7. The van der Waals surface area contributed by atoms with Crippen molar-refractivity contribution in [3.05, 3.63) is 65.2 Å². The second-order valence-corrected chi connectivity index (χ2v) is 5.13. The lowest BCUT2D eigenvalue weighted by atomic mass is 10.1. The summed E-state index contributed by atoms with van der Waals surface area (Å²) >= 11 is 0. The van der Waals surface area contributed by atoms with Crippen molar-refractivity contribution in [2.24, 2.45) is 0 Å². The molecule has 0 saturated heterocycles. The molecule has 2 aromatic rings. The number of methoxy groups -OCH3 is 1. The number of hydrogen-bond donors (Lipinski definition) is 3. The van der Waals surface area contributed by atoms with Crippen LogP contribution in [0.3, 0.4) is 0 Å². The van der Waals surface area contributed by atoms with Crippen LogP contribution in [0.4, 0.5) is 5.69 Å². The first-order chi connectivity index (χ1) is 12.0. The number of carbonyl (C=O) groups excluding carboxylic acids is 2. The fraction of sp³-hybridized carbons (Fsp3) is 0.167. The van der Waals surface area contributed by atoms with Crippen molar-refractivity contribution in [1.29, 1.82) is 0 Å². The summed E-state index contributed by atoms with van der Waals surface area (Å²) < 4.78 is 4.86. The van der Waals surface area contributed by atoms with Crippen molar-refractivity contribution in [2.75, 3.05) is 25.6 Å². The van der Waals surface area contributed by atoms with E-state index in [1.54, 1.807) is 43.5 Å². The molecule has 0 aliphatic carbocycles. The van der Waals surface area contributed by atoms with Gasteiger partial charge in [-0.15, -0.1) is 0 Å². The first-order valence-corrected chi connectivity index (χ1v) is 7.54. The summed E-state index contributed by atoms with van der Waals surface area (Å²) in [5.74, 6) is -1.95. The molecule has 0 aromatic heterocycles. The van der Waals surface area contributed by atoms with Crippen LogP contribution < -0.4 is 10.6 Å². The standard InChI is InChI=1S/C18H18N2O5/c1-25-11-10-19-16(21)12-6-8-13(9-7-12)20-17(22)14-4-2-3-5-15(14)18(23)24/h2-9H,10-11H2,1H3,(H,19,21)(H,20,22)(H,23,24). The quantitative estimate of drug-likeness (QED) is 0.668. The zero-order valence-electron chi connectivity index (χ0n) is 13.6. The summed E-state index contributed by atoms with van der Waals surface area (Å²) in [7, 11) is 1.55. The number of benzene rings is 2. The van der Waals surface area contributed by atoms with Crippen molar-refractivity contribution in [3.8, 4) is 0 Å². The minimum absolute atomic E-state index is 0.0661. The molecule has 0 fully saturated rings. The maximum absolute atomic E-state index is 12.3. The smallest absolute Gasteiger partial charge is 0.336 e. The van der Waals surface area contributed by atoms with E-state index < -0.39 is 11.9 Å². The molecule has 130 valence electrons. The summed E-state index contributed by atoms with van der Waals surface area (Å²) in [6.07, 6.45) is 0. The number of carboxylic acids is 1. The van der Waals surface area contributed by atoms with E-state index in [4.69, 9.17) is 9.84 Å². The Kier molecular flexibility index (Phi) is 6.25. The molecule has 0 unspecified atom stereocenters. The zero-order valence-corrected chi connectivity index (χ0v) is 13.6. The third-order valence-corrected chi connectivity index (χ3v) is 3.40. The Hall–Kier alpha value is -3.19. The average molecular weight is 342 g/mol. The number of aromatic carboxylic acids is 1. The normalized spacial score (nSPS) is 10.1. The molecule has 7 nitrogen and oxygen atoms in total. The van der Waals surface area contributed by atoms with E-state index in [9.17, 15) is 14.4 Å². The van der Waals surface area contributed by atoms with Gasteiger partial charge in [-0.1, -0.05) is 12.1 Å². The van der Waals surface area contributed by atoms with E-state index in [0.29, 0.717) is 24.4 Å². The summed E-state index contributed by atoms with van der Waals surface area (Å²) in [5, 5.41) is 14.4. The van der Waals surface area contributed by atoms with Gasteiger partial charge in [0.05, 0.1) is 17.7 Å². The predicted octanol–water partition coefficient (Wildman–Crippen LogP) is 2.01. The molecule has 0 aliphatic rings. The van der Waals surface area contributed by atoms with Crippen LogP contribution in [0.2, 0.25) is 0 Å². The molecule has 2 aromatic carbocycles. The molecule has 0 spiro atoms. The Morgan fingerprint density at radius 2 is 1.60 bits per heavy atom. The monoisotopic (exact) mass is 342 g/mol. The summed E-state index contributed by atoms with van der Waals surface area (Å²) in [4.78, 5) is 35.3. The number of nitrogens with one attached hydrogen (secondary N) is 2. The lowest BCUT2D eigenvalue weighted by Gasteiger charge is -2.09. The van der Waals surface area contributed by atoms with Crippen molar-refractivity contribution in [3.63, 3.8) is 0 Å². The van der Waals surface area contributed by atoms with E-state index in [0.717, 1.165) is 0 Å². The number of hydrogen-bond acceptors (Lipinski definition) is 4. The molecule has 3 N–H and O–H groups in total. The van der Waals surface area contributed by atoms with Gasteiger partial charge in [-0.05, 0) is 36.4 Å². The van der Waals surface area contributed by atoms with Crippen LogP contribution >= 0.6 is 0 Å². The Morgan fingerprint density at radius 3 is 2.20 bits per heavy atom. The van der Waals surface area contributed by atoms with Gasteiger partial charge in [0.25, 0.3) is 11.8 Å². The van der Waals surface area contributed by atoms with Crippen molar-refractivity contribution in [1.82, 2.24) is 5.32 Å². The topological polar surface area (TPSA) is 105 Å². The van der Waals surface area contributed by atoms with Crippen LogP contribution in [0.5, 0.6) is 0 Å². The summed E-state index contributed by atoms with van der Waals surface area (Å²) in [6, 6.07) is 12.2. The van der Waals surface area contributed by atoms with Crippen molar-refractivity contribution in [2.45, 2.75) is 0 Å². The van der Waals surface area contributed by atoms with E-state index in [1.807, 2.05) is 0 Å². The van der Waals surface area contributed by atoms with Crippen LogP contribution in [0.1, 0.15) is 31.1 Å². The Morgan fingerprint density at radius 1 is 0.960 bits per heavy atom. The molecular weight excluding hydrogens is 324 g/mol. The van der Waals surface area contributed by atoms with Gasteiger partial charge in [-0.25, -0.2) is 4.79 Å². The van der Waals surface area contributed by atoms with Gasteiger partial charge in [0.15, 0.2) is 0 Å². The number of amides is 2. The minimum atomic E-state index is -1.17. The van der Waals surface area contributed by atoms with Gasteiger partial charge in [0.1, 0.15) is 0 Å². The number of carboxylic acid groups (broad SMARTS) is 1. The largest absolute Gasteiger partial charge is 0.478 e. The second-order valence-electron chi connectivity index (χ2n) is 5.13. The highest BCUT2D eigenvalue weighted by atomic mass is 16.5. The first-order valence-electron chi connectivity index (χ1n) is 7.54. The first kappa shape index (κ1) is 18.2. The number of ether oxygens (including phenoxy) is 1. The Balaban J connectivity index is 2.05. The molecule has 2 rings (SSSR count). The van der Waals surface area contributed by atoms with Gasteiger partial charge in [-0.3, -0.25) is 9.59 Å². The van der Waals surface area contributed by atoms with Crippen LogP contribution in [0.25, 0.3) is 0 Å². The minimum Gasteiger partial charge on any atom is -0.478 e. The lowest BCUT2D eigenvalue weighted by molar-refractivity contribution is 0.0692. The molecule has 25 heavy (non-hydrogen) atoms. The van der Waals surface area contributed by atoms with E-state index in [2.05, 4.69) is 10.6 Å². The molecule has 0 atom stereocenters. The van der Waals surface area contributed by atoms with E-state index in [-0.39, 0.29) is 17.0 Å².